The van der Waals surface area contributed by atoms with E-state index in [2.05, 4.69) is 15.6 Å². The molecule has 0 radical (unpaired) electrons. The van der Waals surface area contributed by atoms with E-state index in [-0.39, 0.29) is 12.4 Å². The van der Waals surface area contributed by atoms with Crippen LogP contribution in [0, 0.1) is 0 Å². The molecule has 0 spiro atoms. The first-order valence-corrected chi connectivity index (χ1v) is 4.00. The normalized spacial score (nSPS) is 16.4. The highest BCUT2D eigenvalue weighted by atomic mass is 35.5. The molecule has 2 rings (SSSR count). The first-order valence-electron chi connectivity index (χ1n) is 4.00. The lowest BCUT2D eigenvalue weighted by molar-refractivity contribution is 0.181. The van der Waals surface area contributed by atoms with Crippen LogP contribution in [0.15, 0.2) is 6.20 Å². The third-order valence-corrected chi connectivity index (χ3v) is 1.98. The van der Waals surface area contributed by atoms with Crippen LogP contribution in [-0.4, -0.2) is 35.2 Å². The fourth-order valence-corrected chi connectivity index (χ4v) is 1.17. The molecule has 13 heavy (non-hydrogen) atoms. The molecular weight excluding hydrogens is 192 g/mol. The SMILES string of the molecule is COCc1cn(C2CNC2)nn1.Cl. The van der Waals surface area contributed by atoms with Crippen molar-refractivity contribution in [3.05, 3.63) is 11.9 Å². The Hall–Kier alpha value is -0.650. The van der Waals surface area contributed by atoms with Crippen LogP contribution in [0.25, 0.3) is 0 Å². The summed E-state index contributed by atoms with van der Waals surface area (Å²) in [6.07, 6.45) is 1.94. The van der Waals surface area contributed by atoms with Crippen LogP contribution in [0.1, 0.15) is 11.7 Å². The van der Waals surface area contributed by atoms with Crippen LogP contribution < -0.4 is 5.32 Å². The van der Waals surface area contributed by atoms with Crippen molar-refractivity contribution >= 4 is 12.4 Å². The van der Waals surface area contributed by atoms with Crippen molar-refractivity contribution in [2.24, 2.45) is 0 Å². The second kappa shape index (κ2) is 4.55. The molecule has 6 heteroatoms. The van der Waals surface area contributed by atoms with Gasteiger partial charge in [-0.05, 0) is 0 Å². The average Bonchev–Trinajstić information content (AvgIpc) is 2.34. The number of methoxy groups -OCH3 is 1. The Morgan fingerprint density at radius 2 is 2.46 bits per heavy atom. The molecule has 0 saturated carbocycles. The number of ether oxygens (including phenoxy) is 1. The Labute approximate surface area is 82.9 Å². The fraction of sp³-hybridized carbons (Fsp3) is 0.714. The molecule has 5 nitrogen and oxygen atoms in total. The molecule has 1 aliphatic heterocycles. The van der Waals surface area contributed by atoms with Crippen molar-refractivity contribution in [2.45, 2.75) is 12.6 Å². The zero-order chi connectivity index (χ0) is 8.39. The first-order chi connectivity index (χ1) is 5.90. The van der Waals surface area contributed by atoms with Gasteiger partial charge in [0.05, 0.1) is 18.8 Å². The highest BCUT2D eigenvalue weighted by molar-refractivity contribution is 5.85. The highest BCUT2D eigenvalue weighted by Crippen LogP contribution is 2.09. The molecule has 1 N–H and O–H groups in total. The Morgan fingerprint density at radius 1 is 1.69 bits per heavy atom. The largest absolute Gasteiger partial charge is 0.378 e. The number of hydrogen-bond acceptors (Lipinski definition) is 4. The summed E-state index contributed by atoms with van der Waals surface area (Å²) in [4.78, 5) is 0. The van der Waals surface area contributed by atoms with Gasteiger partial charge in [0.15, 0.2) is 0 Å². The van der Waals surface area contributed by atoms with Crippen LogP contribution in [-0.2, 0) is 11.3 Å². The number of hydrogen-bond donors (Lipinski definition) is 1. The van der Waals surface area contributed by atoms with Crippen molar-refractivity contribution in [2.75, 3.05) is 20.2 Å². The summed E-state index contributed by atoms with van der Waals surface area (Å²) in [5.74, 6) is 0. The maximum atomic E-state index is 4.94. The van der Waals surface area contributed by atoms with Gasteiger partial charge >= 0.3 is 0 Å². The number of aromatic nitrogens is 3. The smallest absolute Gasteiger partial charge is 0.108 e. The van der Waals surface area contributed by atoms with Gasteiger partial charge in [-0.3, -0.25) is 0 Å². The van der Waals surface area contributed by atoms with Crippen molar-refractivity contribution in [1.29, 1.82) is 0 Å². The van der Waals surface area contributed by atoms with E-state index >= 15 is 0 Å². The van der Waals surface area contributed by atoms with E-state index in [1.807, 2.05) is 10.9 Å². The van der Waals surface area contributed by atoms with Gasteiger partial charge in [0.2, 0.25) is 0 Å². The quantitative estimate of drug-likeness (QED) is 0.753. The number of nitrogens with one attached hydrogen (secondary N) is 1. The maximum absolute atomic E-state index is 4.94. The standard InChI is InChI=1S/C7H12N4O.ClH/c1-12-5-6-4-11(10-9-6)7-2-8-3-7;/h4,7-8H,2-3,5H2,1H3;1H. The summed E-state index contributed by atoms with van der Waals surface area (Å²) in [6, 6.07) is 0.489. The van der Waals surface area contributed by atoms with Gasteiger partial charge < -0.3 is 10.1 Å². The van der Waals surface area contributed by atoms with E-state index < -0.39 is 0 Å². The summed E-state index contributed by atoms with van der Waals surface area (Å²) in [5.41, 5.74) is 0.893. The summed E-state index contributed by atoms with van der Waals surface area (Å²) in [5, 5.41) is 11.2. The van der Waals surface area contributed by atoms with Crippen LogP contribution in [0.2, 0.25) is 0 Å². The van der Waals surface area contributed by atoms with Crippen LogP contribution in [0.4, 0.5) is 0 Å². The molecule has 1 aliphatic rings. The summed E-state index contributed by atoms with van der Waals surface area (Å²) >= 11 is 0. The van der Waals surface area contributed by atoms with Crippen LogP contribution >= 0.6 is 12.4 Å². The molecule has 0 aromatic carbocycles. The Bertz CT molecular complexity index is 261. The van der Waals surface area contributed by atoms with Gasteiger partial charge in [-0.2, -0.15) is 0 Å². The molecule has 0 atom stereocenters. The van der Waals surface area contributed by atoms with E-state index in [4.69, 9.17) is 4.74 Å². The van der Waals surface area contributed by atoms with Gasteiger partial charge in [0.1, 0.15) is 5.69 Å². The van der Waals surface area contributed by atoms with E-state index in [1.165, 1.54) is 0 Å². The lowest BCUT2D eigenvalue weighted by Crippen LogP contribution is -2.43. The van der Waals surface area contributed by atoms with E-state index in [0.717, 1.165) is 18.8 Å². The molecule has 1 aromatic rings. The third kappa shape index (κ3) is 2.18. The lowest BCUT2D eigenvalue weighted by Gasteiger charge is -2.26. The Morgan fingerprint density at radius 3 is 3.00 bits per heavy atom. The van der Waals surface area contributed by atoms with Crippen molar-refractivity contribution in [3.8, 4) is 0 Å². The van der Waals surface area contributed by atoms with Crippen molar-refractivity contribution in [1.82, 2.24) is 20.3 Å². The number of rotatable bonds is 3. The van der Waals surface area contributed by atoms with Gasteiger partial charge in [-0.15, -0.1) is 17.5 Å². The minimum Gasteiger partial charge on any atom is -0.378 e. The molecule has 0 unspecified atom stereocenters. The molecule has 2 heterocycles. The lowest BCUT2D eigenvalue weighted by atomic mass is 10.2. The van der Waals surface area contributed by atoms with Gasteiger partial charge in [-0.25, -0.2) is 4.68 Å². The molecule has 1 saturated heterocycles. The van der Waals surface area contributed by atoms with Crippen LogP contribution in [0.3, 0.4) is 0 Å². The van der Waals surface area contributed by atoms with Crippen molar-refractivity contribution < 1.29 is 4.74 Å². The van der Waals surface area contributed by atoms with E-state index in [1.54, 1.807) is 7.11 Å². The monoisotopic (exact) mass is 204 g/mol. The second-order valence-electron chi connectivity index (χ2n) is 2.93. The summed E-state index contributed by atoms with van der Waals surface area (Å²) < 4.78 is 6.83. The molecule has 74 valence electrons. The molecule has 1 fully saturated rings. The second-order valence-corrected chi connectivity index (χ2v) is 2.93. The summed E-state index contributed by atoms with van der Waals surface area (Å²) in [7, 11) is 1.66. The minimum absolute atomic E-state index is 0. The number of nitrogens with zero attached hydrogens (tertiary/aromatic N) is 3. The molecule has 1 aromatic heterocycles. The molecule has 0 aliphatic carbocycles. The average molecular weight is 205 g/mol. The third-order valence-electron chi connectivity index (χ3n) is 1.98. The van der Waals surface area contributed by atoms with Gasteiger partial charge in [0, 0.05) is 20.2 Å². The number of halogens is 1. The van der Waals surface area contributed by atoms with Gasteiger partial charge in [0.25, 0.3) is 0 Å². The fourth-order valence-electron chi connectivity index (χ4n) is 1.17. The predicted octanol–water partition coefficient (Wildman–Crippen LogP) is -0.00940. The zero-order valence-corrected chi connectivity index (χ0v) is 8.25. The summed E-state index contributed by atoms with van der Waals surface area (Å²) in [6.45, 7) is 2.53. The first kappa shape index (κ1) is 10.4. The van der Waals surface area contributed by atoms with E-state index in [0.29, 0.717) is 12.6 Å². The van der Waals surface area contributed by atoms with E-state index in [9.17, 15) is 0 Å². The zero-order valence-electron chi connectivity index (χ0n) is 7.43. The molecule has 0 amide bonds. The van der Waals surface area contributed by atoms with Crippen LogP contribution in [0.5, 0.6) is 0 Å². The molecule has 0 bridgehead atoms. The Kier molecular flexibility index (Phi) is 3.65. The van der Waals surface area contributed by atoms with Crippen molar-refractivity contribution in [3.63, 3.8) is 0 Å². The topological polar surface area (TPSA) is 52.0 Å². The Balaban J connectivity index is 0.000000845. The van der Waals surface area contributed by atoms with Gasteiger partial charge in [-0.1, -0.05) is 5.21 Å². The maximum Gasteiger partial charge on any atom is 0.108 e. The minimum atomic E-state index is 0. The predicted molar refractivity (Wildman–Crippen MR) is 49.9 cm³/mol. The highest BCUT2D eigenvalue weighted by Gasteiger charge is 2.19. The molecular formula is C7H13ClN4O.